The molecule has 0 atom stereocenters. The highest BCUT2D eigenvalue weighted by molar-refractivity contribution is 7.14. The summed E-state index contributed by atoms with van der Waals surface area (Å²) in [6.07, 6.45) is 0.918. The molecule has 0 aliphatic heterocycles. The molecular weight excluding hydrogens is 304 g/mol. The van der Waals surface area contributed by atoms with E-state index in [2.05, 4.69) is 11.6 Å². The maximum atomic E-state index is 12.2. The van der Waals surface area contributed by atoms with Gasteiger partial charge in [-0.1, -0.05) is 36.4 Å². The van der Waals surface area contributed by atoms with Crippen molar-refractivity contribution in [1.29, 1.82) is 0 Å². The van der Waals surface area contributed by atoms with Crippen LogP contribution >= 0.6 is 11.3 Å². The summed E-state index contributed by atoms with van der Waals surface area (Å²) in [5.74, 6) is -1.14. The van der Waals surface area contributed by atoms with Gasteiger partial charge in [-0.05, 0) is 5.56 Å². The molecule has 0 saturated heterocycles. The number of aromatic nitrogens is 1. The fraction of sp³-hybridized carbons (Fsp3) is 0.133. The van der Waals surface area contributed by atoms with Gasteiger partial charge in [-0.15, -0.1) is 17.9 Å². The van der Waals surface area contributed by atoms with Gasteiger partial charge in [0.1, 0.15) is 6.61 Å². The lowest BCUT2D eigenvalue weighted by molar-refractivity contribution is 0.0691. The molecule has 0 bridgehead atoms. The van der Waals surface area contributed by atoms with E-state index < -0.39 is 12.1 Å². The molecule has 0 spiro atoms. The number of anilines is 1. The lowest BCUT2D eigenvalue weighted by Gasteiger charge is -2.17. The standard InChI is InChI=1S/C15H14N2O4S/c1-2-8-17(14-16-12(10-22-14)13(18)19)15(20)21-9-11-6-4-3-5-7-11/h2-7,10H,1,8-9H2,(H,18,19). The minimum atomic E-state index is -1.14. The number of amides is 1. The molecule has 114 valence electrons. The van der Waals surface area contributed by atoms with Gasteiger partial charge in [-0.2, -0.15) is 0 Å². The van der Waals surface area contributed by atoms with Crippen LogP contribution in [0.3, 0.4) is 0 Å². The Morgan fingerprint density at radius 1 is 1.36 bits per heavy atom. The number of carbonyl (C=O) groups is 2. The number of carbonyl (C=O) groups excluding carboxylic acids is 1. The van der Waals surface area contributed by atoms with Crippen LogP contribution in [0, 0.1) is 0 Å². The smallest absolute Gasteiger partial charge is 0.416 e. The van der Waals surface area contributed by atoms with Crippen LogP contribution in [-0.2, 0) is 11.3 Å². The minimum Gasteiger partial charge on any atom is -0.476 e. The first-order chi connectivity index (χ1) is 10.6. The van der Waals surface area contributed by atoms with E-state index >= 15 is 0 Å². The predicted molar refractivity (Wildman–Crippen MR) is 83.2 cm³/mol. The van der Waals surface area contributed by atoms with Gasteiger partial charge in [-0.3, -0.25) is 0 Å². The third-order valence-corrected chi connectivity index (χ3v) is 3.54. The number of carboxylic acid groups (broad SMARTS) is 1. The fourth-order valence-electron chi connectivity index (χ4n) is 1.64. The summed E-state index contributed by atoms with van der Waals surface area (Å²) < 4.78 is 5.23. The number of carboxylic acids is 1. The Kier molecular flexibility index (Phi) is 5.26. The number of benzene rings is 1. The zero-order chi connectivity index (χ0) is 15.9. The second-order valence-corrected chi connectivity index (χ2v) is 5.10. The average Bonchev–Trinajstić information content (AvgIpc) is 3.01. The van der Waals surface area contributed by atoms with Crippen molar-refractivity contribution < 1.29 is 19.4 Å². The van der Waals surface area contributed by atoms with E-state index in [1.807, 2.05) is 30.3 Å². The molecule has 6 nitrogen and oxygen atoms in total. The Morgan fingerprint density at radius 3 is 2.68 bits per heavy atom. The molecule has 0 saturated carbocycles. The molecular formula is C15H14N2O4S. The molecule has 0 aliphatic rings. The van der Waals surface area contributed by atoms with Gasteiger partial charge >= 0.3 is 12.1 Å². The number of aromatic carboxylic acids is 1. The van der Waals surface area contributed by atoms with E-state index in [0.717, 1.165) is 16.9 Å². The van der Waals surface area contributed by atoms with Crippen LogP contribution in [-0.4, -0.2) is 28.7 Å². The SMILES string of the molecule is C=CCN(C(=O)OCc1ccccc1)c1nc(C(=O)O)cs1. The van der Waals surface area contributed by atoms with E-state index in [-0.39, 0.29) is 24.0 Å². The summed E-state index contributed by atoms with van der Waals surface area (Å²) in [4.78, 5) is 28.2. The van der Waals surface area contributed by atoms with Gasteiger partial charge in [0.25, 0.3) is 0 Å². The quantitative estimate of drug-likeness (QED) is 0.828. The van der Waals surface area contributed by atoms with E-state index in [0.29, 0.717) is 0 Å². The summed E-state index contributed by atoms with van der Waals surface area (Å²) in [7, 11) is 0. The number of ether oxygens (including phenoxy) is 1. The van der Waals surface area contributed by atoms with Crippen LogP contribution in [0.1, 0.15) is 16.1 Å². The molecule has 0 aliphatic carbocycles. The third kappa shape index (κ3) is 3.92. The first kappa shape index (κ1) is 15.7. The molecule has 0 fully saturated rings. The lowest BCUT2D eigenvalue weighted by atomic mass is 10.2. The molecule has 1 N–H and O–H groups in total. The van der Waals surface area contributed by atoms with Gasteiger partial charge < -0.3 is 9.84 Å². The molecule has 1 aromatic heterocycles. The van der Waals surface area contributed by atoms with Crippen LogP contribution in [0.15, 0.2) is 48.4 Å². The van der Waals surface area contributed by atoms with Crippen molar-refractivity contribution in [3.63, 3.8) is 0 Å². The van der Waals surface area contributed by atoms with E-state index in [1.54, 1.807) is 0 Å². The largest absolute Gasteiger partial charge is 0.476 e. The van der Waals surface area contributed by atoms with Crippen molar-refractivity contribution in [3.8, 4) is 0 Å². The van der Waals surface area contributed by atoms with Crippen LogP contribution in [0.5, 0.6) is 0 Å². The first-order valence-corrected chi connectivity index (χ1v) is 7.27. The predicted octanol–water partition coefficient (Wildman–Crippen LogP) is 3.17. The Hall–Kier alpha value is -2.67. The Morgan fingerprint density at radius 2 is 2.09 bits per heavy atom. The maximum absolute atomic E-state index is 12.2. The van der Waals surface area contributed by atoms with Crippen LogP contribution in [0.4, 0.5) is 9.93 Å². The highest BCUT2D eigenvalue weighted by Crippen LogP contribution is 2.21. The minimum absolute atomic E-state index is 0.107. The van der Waals surface area contributed by atoms with Crippen molar-refractivity contribution in [2.24, 2.45) is 0 Å². The van der Waals surface area contributed by atoms with Gasteiger partial charge in [0, 0.05) is 11.9 Å². The topological polar surface area (TPSA) is 79.7 Å². The number of hydrogen-bond acceptors (Lipinski definition) is 5. The maximum Gasteiger partial charge on any atom is 0.416 e. The summed E-state index contributed by atoms with van der Waals surface area (Å²) in [5.41, 5.74) is 0.754. The highest BCUT2D eigenvalue weighted by atomic mass is 32.1. The normalized spacial score (nSPS) is 10.0. The number of hydrogen-bond donors (Lipinski definition) is 1. The Balaban J connectivity index is 2.07. The number of nitrogens with zero attached hydrogens (tertiary/aromatic N) is 2. The molecule has 7 heteroatoms. The Bertz CT molecular complexity index is 669. The Labute approximate surface area is 131 Å². The van der Waals surface area contributed by atoms with Gasteiger partial charge in [0.2, 0.25) is 0 Å². The van der Waals surface area contributed by atoms with Crippen LogP contribution < -0.4 is 4.90 Å². The summed E-state index contributed by atoms with van der Waals surface area (Å²) in [6.45, 7) is 3.89. The van der Waals surface area contributed by atoms with E-state index in [1.165, 1.54) is 16.4 Å². The average molecular weight is 318 g/mol. The molecule has 2 rings (SSSR count). The molecule has 0 unspecified atom stereocenters. The van der Waals surface area contributed by atoms with Gasteiger partial charge in [0.15, 0.2) is 10.8 Å². The second-order valence-electron chi connectivity index (χ2n) is 4.26. The van der Waals surface area contributed by atoms with Crippen LogP contribution in [0.2, 0.25) is 0 Å². The number of rotatable bonds is 6. The monoisotopic (exact) mass is 318 g/mol. The fourth-order valence-corrected chi connectivity index (χ4v) is 2.44. The van der Waals surface area contributed by atoms with E-state index in [4.69, 9.17) is 9.84 Å². The summed E-state index contributed by atoms with van der Waals surface area (Å²) in [6, 6.07) is 9.27. The van der Waals surface area contributed by atoms with Crippen molar-refractivity contribution in [2.75, 3.05) is 11.4 Å². The van der Waals surface area contributed by atoms with Crippen molar-refractivity contribution in [1.82, 2.24) is 4.98 Å². The highest BCUT2D eigenvalue weighted by Gasteiger charge is 2.21. The number of thiazole rings is 1. The van der Waals surface area contributed by atoms with Gasteiger partial charge in [0.05, 0.1) is 0 Å². The molecule has 0 radical (unpaired) electrons. The molecule has 2 aromatic rings. The van der Waals surface area contributed by atoms with Gasteiger partial charge in [-0.25, -0.2) is 19.5 Å². The van der Waals surface area contributed by atoms with Crippen molar-refractivity contribution >= 4 is 28.5 Å². The molecule has 1 heterocycles. The van der Waals surface area contributed by atoms with Crippen LogP contribution in [0.25, 0.3) is 0 Å². The molecule has 1 aromatic carbocycles. The summed E-state index contributed by atoms with van der Waals surface area (Å²) >= 11 is 1.06. The van der Waals surface area contributed by atoms with Crippen molar-refractivity contribution in [3.05, 3.63) is 59.6 Å². The zero-order valence-corrected chi connectivity index (χ0v) is 12.5. The molecule has 22 heavy (non-hydrogen) atoms. The second kappa shape index (κ2) is 7.37. The third-order valence-electron chi connectivity index (χ3n) is 2.68. The lowest BCUT2D eigenvalue weighted by Crippen LogP contribution is -2.31. The van der Waals surface area contributed by atoms with E-state index in [9.17, 15) is 9.59 Å². The van der Waals surface area contributed by atoms with Crippen molar-refractivity contribution in [2.45, 2.75) is 6.61 Å². The molecule has 1 amide bonds. The first-order valence-electron chi connectivity index (χ1n) is 6.39. The zero-order valence-electron chi connectivity index (χ0n) is 11.6. The summed E-state index contributed by atoms with van der Waals surface area (Å²) in [5, 5.41) is 10.5.